The normalized spacial score (nSPS) is 11.6. The summed E-state index contributed by atoms with van der Waals surface area (Å²) in [5.41, 5.74) is 4.72. The lowest BCUT2D eigenvalue weighted by Crippen LogP contribution is -2.41. The van der Waals surface area contributed by atoms with Gasteiger partial charge in [-0.05, 0) is 20.8 Å². The molecule has 1 amide bonds. The predicted octanol–water partition coefficient (Wildman–Crippen LogP) is 0.124. The van der Waals surface area contributed by atoms with Crippen LogP contribution in [0.25, 0.3) is 0 Å². The molecule has 4 heteroatoms. The molecular weight excluding hydrogens is 168 g/mol. The number of nitrogens with one attached hydrogen (secondary N) is 1. The second-order valence-electron chi connectivity index (χ2n) is 3.62. The Hall–Kier alpha value is -0.610. The van der Waals surface area contributed by atoms with Gasteiger partial charge in [0, 0.05) is 19.7 Å². The highest BCUT2D eigenvalue weighted by Crippen LogP contribution is 2.11. The lowest BCUT2D eigenvalue weighted by molar-refractivity contribution is -0.125. The van der Waals surface area contributed by atoms with E-state index in [0.717, 1.165) is 13.2 Å². The second-order valence-corrected chi connectivity index (χ2v) is 3.62. The molecule has 0 heterocycles. The monoisotopic (exact) mass is 188 g/mol. The minimum atomic E-state index is -0.480. The fourth-order valence-electron chi connectivity index (χ4n) is 0.777. The molecule has 0 bridgehead atoms. The lowest BCUT2D eigenvalue weighted by Gasteiger charge is -2.20. The highest BCUT2D eigenvalue weighted by atomic mass is 16.5. The zero-order valence-corrected chi connectivity index (χ0v) is 8.72. The van der Waals surface area contributed by atoms with Gasteiger partial charge in [-0.1, -0.05) is 0 Å². The number of amides is 1. The number of hydrogen-bond donors (Lipinski definition) is 2. The molecule has 4 nitrogen and oxygen atoms in total. The van der Waals surface area contributed by atoms with Crippen LogP contribution < -0.4 is 11.1 Å². The SMILES string of the molecule is CCOCCNCC(C)(C)C(N)=O. The van der Waals surface area contributed by atoms with Crippen molar-refractivity contribution in [2.75, 3.05) is 26.3 Å². The van der Waals surface area contributed by atoms with Gasteiger partial charge in [-0.3, -0.25) is 4.79 Å². The molecule has 0 saturated carbocycles. The van der Waals surface area contributed by atoms with Crippen molar-refractivity contribution in [1.82, 2.24) is 5.32 Å². The predicted molar refractivity (Wildman–Crippen MR) is 52.3 cm³/mol. The average molecular weight is 188 g/mol. The van der Waals surface area contributed by atoms with Crippen molar-refractivity contribution in [3.63, 3.8) is 0 Å². The second kappa shape index (κ2) is 5.94. The zero-order chi connectivity index (χ0) is 10.3. The van der Waals surface area contributed by atoms with E-state index in [9.17, 15) is 4.79 Å². The van der Waals surface area contributed by atoms with Crippen molar-refractivity contribution >= 4 is 5.91 Å². The Balaban J connectivity index is 3.46. The molecule has 0 aliphatic heterocycles. The lowest BCUT2D eigenvalue weighted by atomic mass is 9.93. The summed E-state index contributed by atoms with van der Waals surface area (Å²) in [7, 11) is 0. The van der Waals surface area contributed by atoms with Gasteiger partial charge in [0.2, 0.25) is 5.91 Å². The van der Waals surface area contributed by atoms with Gasteiger partial charge in [0.05, 0.1) is 12.0 Å². The van der Waals surface area contributed by atoms with Crippen molar-refractivity contribution in [1.29, 1.82) is 0 Å². The summed E-state index contributed by atoms with van der Waals surface area (Å²) in [6, 6.07) is 0. The Morgan fingerprint density at radius 2 is 2.15 bits per heavy atom. The Kier molecular flexibility index (Phi) is 5.66. The van der Waals surface area contributed by atoms with Gasteiger partial charge in [-0.25, -0.2) is 0 Å². The van der Waals surface area contributed by atoms with Crippen LogP contribution in [0.1, 0.15) is 20.8 Å². The van der Waals surface area contributed by atoms with Crippen molar-refractivity contribution in [2.24, 2.45) is 11.1 Å². The summed E-state index contributed by atoms with van der Waals surface area (Å²) >= 11 is 0. The number of primary amides is 1. The zero-order valence-electron chi connectivity index (χ0n) is 8.72. The van der Waals surface area contributed by atoms with Crippen LogP contribution >= 0.6 is 0 Å². The van der Waals surface area contributed by atoms with Gasteiger partial charge in [-0.2, -0.15) is 0 Å². The maximum absolute atomic E-state index is 10.9. The largest absolute Gasteiger partial charge is 0.380 e. The van der Waals surface area contributed by atoms with Gasteiger partial charge in [-0.15, -0.1) is 0 Å². The Bertz CT molecular complexity index is 158. The molecule has 13 heavy (non-hydrogen) atoms. The third kappa shape index (κ3) is 5.60. The molecule has 0 aromatic carbocycles. The summed E-state index contributed by atoms with van der Waals surface area (Å²) in [5, 5.41) is 3.12. The van der Waals surface area contributed by atoms with Gasteiger partial charge >= 0.3 is 0 Å². The van der Waals surface area contributed by atoms with Crippen molar-refractivity contribution in [3.05, 3.63) is 0 Å². The maximum Gasteiger partial charge on any atom is 0.224 e. The van der Waals surface area contributed by atoms with Gasteiger partial charge < -0.3 is 15.8 Å². The topological polar surface area (TPSA) is 64.3 Å². The van der Waals surface area contributed by atoms with Gasteiger partial charge in [0.15, 0.2) is 0 Å². The molecule has 0 aromatic heterocycles. The number of rotatable bonds is 7. The summed E-state index contributed by atoms with van der Waals surface area (Å²) in [6.07, 6.45) is 0. The van der Waals surface area contributed by atoms with E-state index in [1.165, 1.54) is 0 Å². The summed E-state index contributed by atoms with van der Waals surface area (Å²) in [4.78, 5) is 10.9. The number of carbonyl (C=O) groups excluding carboxylic acids is 1. The van der Waals surface area contributed by atoms with E-state index < -0.39 is 5.41 Å². The molecular formula is C9H20N2O2. The summed E-state index contributed by atoms with van der Waals surface area (Å²) < 4.78 is 5.13. The first-order valence-corrected chi connectivity index (χ1v) is 4.59. The highest BCUT2D eigenvalue weighted by Gasteiger charge is 2.23. The van der Waals surface area contributed by atoms with Crippen LogP contribution in [-0.2, 0) is 9.53 Å². The Morgan fingerprint density at radius 3 is 2.62 bits per heavy atom. The molecule has 78 valence electrons. The number of carbonyl (C=O) groups is 1. The molecule has 0 aliphatic carbocycles. The van der Waals surface area contributed by atoms with Crippen molar-refractivity contribution in [3.8, 4) is 0 Å². The maximum atomic E-state index is 10.9. The number of ether oxygens (including phenoxy) is 1. The van der Waals surface area contributed by atoms with Crippen LogP contribution in [-0.4, -0.2) is 32.2 Å². The molecule has 0 saturated heterocycles. The molecule has 0 radical (unpaired) electrons. The van der Waals surface area contributed by atoms with Crippen LogP contribution in [0.4, 0.5) is 0 Å². The molecule has 0 unspecified atom stereocenters. The molecule has 0 rings (SSSR count). The van der Waals surface area contributed by atoms with E-state index in [2.05, 4.69) is 5.32 Å². The van der Waals surface area contributed by atoms with Crippen LogP contribution in [0, 0.1) is 5.41 Å². The van der Waals surface area contributed by atoms with E-state index >= 15 is 0 Å². The minimum Gasteiger partial charge on any atom is -0.380 e. The van der Waals surface area contributed by atoms with Crippen molar-refractivity contribution < 1.29 is 9.53 Å². The molecule has 0 aromatic rings. The molecule has 0 fully saturated rings. The van der Waals surface area contributed by atoms with Crippen LogP contribution in [0.3, 0.4) is 0 Å². The molecule has 0 atom stereocenters. The fraction of sp³-hybridized carbons (Fsp3) is 0.889. The van der Waals surface area contributed by atoms with E-state index in [0.29, 0.717) is 13.2 Å². The summed E-state index contributed by atoms with van der Waals surface area (Å²) in [6.45, 7) is 8.34. The Morgan fingerprint density at radius 1 is 1.54 bits per heavy atom. The van der Waals surface area contributed by atoms with Crippen LogP contribution in [0.5, 0.6) is 0 Å². The van der Waals surface area contributed by atoms with Crippen LogP contribution in [0.15, 0.2) is 0 Å². The minimum absolute atomic E-state index is 0.281. The quantitative estimate of drug-likeness (QED) is 0.558. The smallest absolute Gasteiger partial charge is 0.224 e. The number of hydrogen-bond acceptors (Lipinski definition) is 3. The first-order chi connectivity index (χ1) is 6.00. The number of nitrogens with two attached hydrogens (primary N) is 1. The van der Waals surface area contributed by atoms with Gasteiger partial charge in [0.1, 0.15) is 0 Å². The van der Waals surface area contributed by atoms with Crippen LogP contribution in [0.2, 0.25) is 0 Å². The van der Waals surface area contributed by atoms with Gasteiger partial charge in [0.25, 0.3) is 0 Å². The average Bonchev–Trinajstić information content (AvgIpc) is 2.03. The fourth-order valence-corrected chi connectivity index (χ4v) is 0.777. The molecule has 0 spiro atoms. The first kappa shape index (κ1) is 12.4. The first-order valence-electron chi connectivity index (χ1n) is 4.59. The highest BCUT2D eigenvalue weighted by molar-refractivity contribution is 5.80. The molecule has 0 aliphatic rings. The standard InChI is InChI=1S/C9H20N2O2/c1-4-13-6-5-11-7-9(2,3)8(10)12/h11H,4-7H2,1-3H3,(H2,10,12). The van der Waals surface area contributed by atoms with E-state index in [4.69, 9.17) is 10.5 Å². The third-order valence-electron chi connectivity index (χ3n) is 1.86. The van der Waals surface area contributed by atoms with E-state index in [1.807, 2.05) is 20.8 Å². The van der Waals surface area contributed by atoms with Crippen molar-refractivity contribution in [2.45, 2.75) is 20.8 Å². The molecule has 3 N–H and O–H groups in total. The van der Waals surface area contributed by atoms with E-state index in [-0.39, 0.29) is 5.91 Å². The third-order valence-corrected chi connectivity index (χ3v) is 1.86. The Labute approximate surface area is 79.8 Å². The van der Waals surface area contributed by atoms with E-state index in [1.54, 1.807) is 0 Å². The summed E-state index contributed by atoms with van der Waals surface area (Å²) in [5.74, 6) is -0.281.